The van der Waals surface area contributed by atoms with E-state index in [9.17, 15) is 14.5 Å². The highest BCUT2D eigenvalue weighted by molar-refractivity contribution is 5.58. The maximum Gasteiger partial charge on any atom is 0.332 e. The molecule has 0 unspecified atom stereocenters. The molecule has 2 rings (SSSR count). The van der Waals surface area contributed by atoms with Crippen LogP contribution >= 0.6 is 0 Å². The van der Waals surface area contributed by atoms with Gasteiger partial charge in [-0.05, 0) is 17.7 Å². The molecule has 0 aliphatic rings. The van der Waals surface area contributed by atoms with Gasteiger partial charge in [0.1, 0.15) is 11.5 Å². The van der Waals surface area contributed by atoms with Crippen LogP contribution in [0, 0.1) is 15.9 Å². The highest BCUT2D eigenvalue weighted by Crippen LogP contribution is 2.25. The number of rotatable bonds is 3. The lowest BCUT2D eigenvalue weighted by Crippen LogP contribution is -2.09. The fourth-order valence-corrected chi connectivity index (χ4v) is 1.66. The number of nitrogens with two attached hydrogens (primary N) is 2. The van der Waals surface area contributed by atoms with Gasteiger partial charge < -0.3 is 11.5 Å². The van der Waals surface area contributed by atoms with Crippen LogP contribution in [0.4, 0.5) is 21.8 Å². The third-order valence-electron chi connectivity index (χ3n) is 2.47. The van der Waals surface area contributed by atoms with Crippen molar-refractivity contribution in [3.63, 3.8) is 0 Å². The predicted molar refractivity (Wildman–Crippen MR) is 66.7 cm³/mol. The van der Waals surface area contributed by atoms with Crippen molar-refractivity contribution < 1.29 is 9.31 Å². The smallest absolute Gasteiger partial charge is 0.332 e. The SMILES string of the molecule is Nc1nc(N)c([N+](=O)[O-])c(Cc2ccc(F)cc2)n1. The molecule has 8 heteroatoms. The van der Waals surface area contributed by atoms with Gasteiger partial charge in [-0.25, -0.2) is 9.37 Å². The predicted octanol–water partition coefficient (Wildman–Crippen LogP) is 1.28. The second-order valence-electron chi connectivity index (χ2n) is 3.82. The molecule has 1 aromatic heterocycles. The van der Waals surface area contributed by atoms with E-state index in [0.717, 1.165) is 0 Å². The van der Waals surface area contributed by atoms with Gasteiger partial charge in [-0.2, -0.15) is 4.98 Å². The normalized spacial score (nSPS) is 10.4. The molecule has 0 fully saturated rings. The Kier molecular flexibility index (Phi) is 3.23. The van der Waals surface area contributed by atoms with Crippen molar-refractivity contribution in [2.75, 3.05) is 11.5 Å². The molecule has 2 aromatic rings. The fourth-order valence-electron chi connectivity index (χ4n) is 1.66. The minimum atomic E-state index is -0.659. The molecule has 0 saturated carbocycles. The minimum absolute atomic E-state index is 0.0987. The number of nitrogens with zero attached hydrogens (tertiary/aromatic N) is 3. The summed E-state index contributed by atoms with van der Waals surface area (Å²) in [6.45, 7) is 0. The summed E-state index contributed by atoms with van der Waals surface area (Å²) in [7, 11) is 0. The van der Waals surface area contributed by atoms with Gasteiger partial charge in [-0.3, -0.25) is 10.1 Å². The first-order valence-corrected chi connectivity index (χ1v) is 5.28. The molecule has 0 saturated heterocycles. The monoisotopic (exact) mass is 263 g/mol. The Labute approximate surface area is 107 Å². The number of hydrogen-bond acceptors (Lipinski definition) is 6. The Hall–Kier alpha value is -2.77. The highest BCUT2D eigenvalue weighted by atomic mass is 19.1. The lowest BCUT2D eigenvalue weighted by atomic mass is 10.1. The quantitative estimate of drug-likeness (QED) is 0.635. The van der Waals surface area contributed by atoms with Crippen LogP contribution in [0.2, 0.25) is 0 Å². The van der Waals surface area contributed by atoms with E-state index < -0.39 is 4.92 Å². The van der Waals surface area contributed by atoms with Gasteiger partial charge in [-0.15, -0.1) is 0 Å². The van der Waals surface area contributed by atoms with Gasteiger partial charge in [0, 0.05) is 6.42 Å². The van der Waals surface area contributed by atoms with Crippen molar-refractivity contribution in [2.24, 2.45) is 0 Å². The molecule has 0 spiro atoms. The van der Waals surface area contributed by atoms with Crippen LogP contribution in [0.15, 0.2) is 24.3 Å². The molecule has 19 heavy (non-hydrogen) atoms. The lowest BCUT2D eigenvalue weighted by molar-refractivity contribution is -0.385. The zero-order valence-electron chi connectivity index (χ0n) is 9.71. The molecular weight excluding hydrogens is 253 g/mol. The van der Waals surface area contributed by atoms with Crippen LogP contribution in [-0.4, -0.2) is 14.9 Å². The van der Waals surface area contributed by atoms with E-state index in [0.29, 0.717) is 5.56 Å². The maximum atomic E-state index is 12.8. The van der Waals surface area contributed by atoms with Crippen molar-refractivity contribution in [3.8, 4) is 0 Å². The standard InChI is InChI=1S/C11H10FN5O2/c12-7-3-1-6(2-4-7)5-8-9(17(18)19)10(13)16-11(14)15-8/h1-4H,5H2,(H4,13,14,15,16). The van der Waals surface area contributed by atoms with E-state index in [2.05, 4.69) is 9.97 Å². The number of aromatic nitrogens is 2. The van der Waals surface area contributed by atoms with E-state index in [1.54, 1.807) is 0 Å². The topological polar surface area (TPSA) is 121 Å². The molecular formula is C11H10FN5O2. The van der Waals surface area contributed by atoms with Gasteiger partial charge in [0.25, 0.3) is 0 Å². The Balaban J connectivity index is 2.44. The zero-order chi connectivity index (χ0) is 14.0. The largest absolute Gasteiger partial charge is 0.378 e. The van der Waals surface area contributed by atoms with Gasteiger partial charge in [-0.1, -0.05) is 12.1 Å². The average Bonchev–Trinajstić information content (AvgIpc) is 2.30. The minimum Gasteiger partial charge on any atom is -0.378 e. The summed E-state index contributed by atoms with van der Waals surface area (Å²) >= 11 is 0. The van der Waals surface area contributed by atoms with Crippen molar-refractivity contribution in [1.82, 2.24) is 9.97 Å². The molecule has 0 aliphatic carbocycles. The van der Waals surface area contributed by atoms with E-state index in [4.69, 9.17) is 11.5 Å². The second kappa shape index (κ2) is 4.84. The van der Waals surface area contributed by atoms with Gasteiger partial charge in [0.2, 0.25) is 11.8 Å². The zero-order valence-corrected chi connectivity index (χ0v) is 9.71. The summed E-state index contributed by atoms with van der Waals surface area (Å²) in [5.41, 5.74) is 11.3. The van der Waals surface area contributed by atoms with Crippen LogP contribution in [0.5, 0.6) is 0 Å². The van der Waals surface area contributed by atoms with Gasteiger partial charge in [0.05, 0.1) is 4.92 Å². The summed E-state index contributed by atoms with van der Waals surface area (Å²) in [4.78, 5) is 17.7. The highest BCUT2D eigenvalue weighted by Gasteiger charge is 2.22. The summed E-state index contributed by atoms with van der Waals surface area (Å²) < 4.78 is 12.8. The molecule has 4 N–H and O–H groups in total. The summed E-state index contributed by atoms with van der Waals surface area (Å²) in [5, 5.41) is 10.9. The van der Waals surface area contributed by atoms with Crippen molar-refractivity contribution in [2.45, 2.75) is 6.42 Å². The van der Waals surface area contributed by atoms with E-state index >= 15 is 0 Å². The first-order valence-electron chi connectivity index (χ1n) is 5.28. The first kappa shape index (κ1) is 12.7. The third kappa shape index (κ3) is 2.73. The van der Waals surface area contributed by atoms with E-state index in [1.165, 1.54) is 24.3 Å². The van der Waals surface area contributed by atoms with E-state index in [1.807, 2.05) is 0 Å². The molecule has 1 heterocycles. The second-order valence-corrected chi connectivity index (χ2v) is 3.82. The number of anilines is 2. The number of hydrogen-bond donors (Lipinski definition) is 2. The Morgan fingerprint density at radius 2 is 1.84 bits per heavy atom. The Morgan fingerprint density at radius 3 is 2.42 bits per heavy atom. The first-order chi connectivity index (χ1) is 8.97. The molecule has 7 nitrogen and oxygen atoms in total. The number of nitro groups is 1. The Morgan fingerprint density at radius 1 is 1.21 bits per heavy atom. The average molecular weight is 263 g/mol. The molecule has 0 amide bonds. The van der Waals surface area contributed by atoms with Crippen molar-refractivity contribution in [3.05, 3.63) is 51.5 Å². The molecule has 0 aliphatic heterocycles. The van der Waals surface area contributed by atoms with Crippen LogP contribution in [0.25, 0.3) is 0 Å². The van der Waals surface area contributed by atoms with Crippen LogP contribution in [0.3, 0.4) is 0 Å². The number of nitrogen functional groups attached to an aromatic ring is 2. The van der Waals surface area contributed by atoms with Crippen LogP contribution < -0.4 is 11.5 Å². The van der Waals surface area contributed by atoms with Gasteiger partial charge >= 0.3 is 5.69 Å². The van der Waals surface area contributed by atoms with Gasteiger partial charge in [0.15, 0.2) is 0 Å². The maximum absolute atomic E-state index is 12.8. The van der Waals surface area contributed by atoms with Crippen molar-refractivity contribution in [1.29, 1.82) is 0 Å². The molecule has 0 atom stereocenters. The van der Waals surface area contributed by atoms with Crippen molar-refractivity contribution >= 4 is 17.5 Å². The summed E-state index contributed by atoms with van der Waals surface area (Å²) in [6.07, 6.45) is 0.119. The number of halogens is 1. The molecule has 0 bridgehead atoms. The van der Waals surface area contributed by atoms with Crippen LogP contribution in [-0.2, 0) is 6.42 Å². The fraction of sp³-hybridized carbons (Fsp3) is 0.0909. The Bertz CT molecular complexity index is 630. The summed E-state index contributed by atoms with van der Waals surface area (Å²) in [5.74, 6) is -0.810. The molecule has 0 radical (unpaired) electrons. The van der Waals surface area contributed by atoms with Crippen LogP contribution in [0.1, 0.15) is 11.3 Å². The summed E-state index contributed by atoms with van der Waals surface area (Å²) in [6, 6.07) is 5.53. The molecule has 98 valence electrons. The lowest BCUT2D eigenvalue weighted by Gasteiger charge is -2.05. The molecule has 1 aromatic carbocycles. The number of benzene rings is 1. The van der Waals surface area contributed by atoms with E-state index in [-0.39, 0.29) is 35.4 Å². The third-order valence-corrected chi connectivity index (χ3v) is 2.47.